The van der Waals surface area contributed by atoms with E-state index in [9.17, 15) is 0 Å². The minimum absolute atomic E-state index is 0. The Bertz CT molecular complexity index is 27.7. The van der Waals surface area contributed by atoms with Gasteiger partial charge < -0.3 is 7.59 Å². The molecule has 0 aromatic heterocycles. The molecule has 0 aliphatic heterocycles. The molecule has 0 aromatic rings. The predicted molar refractivity (Wildman–Crippen MR) is 21.1 cm³/mol. The van der Waals surface area contributed by atoms with Crippen molar-refractivity contribution in [2.45, 2.75) is 0 Å². The Labute approximate surface area is 49.6 Å². The summed E-state index contributed by atoms with van der Waals surface area (Å²) in [7, 11) is 1.31. The van der Waals surface area contributed by atoms with Crippen LogP contribution in [0.2, 0.25) is 0 Å². The first kappa shape index (κ1) is 8.97. The molecule has 28 valence electrons. The number of rotatable bonds is 1. The molecule has 0 fully saturated rings. The third-order valence-corrected chi connectivity index (χ3v) is 0.0962. The Hall–Kier alpha value is 0.236. The molecule has 3 heteroatoms. The van der Waals surface area contributed by atoms with E-state index in [1.807, 2.05) is 0 Å². The van der Waals surface area contributed by atoms with Crippen LogP contribution in [0.15, 0.2) is 0 Å². The Kier molecular flexibility index (Phi) is 15.9. The van der Waals surface area contributed by atoms with Crippen molar-refractivity contribution in [2.75, 3.05) is 7.11 Å². The topological polar surface area (TPSA) is 26.3 Å². The summed E-state index contributed by atoms with van der Waals surface area (Å²) in [6, 6.07) is 0. The number of carbonyl (C=O) groups is 1. The van der Waals surface area contributed by atoms with E-state index in [-0.39, 0.29) is 25.9 Å². The van der Waals surface area contributed by atoms with Crippen LogP contribution in [0.3, 0.4) is 0 Å². The predicted octanol–water partition coefficient (Wildman–Crippen LogP) is -0.367. The summed E-state index contributed by atoms with van der Waals surface area (Å²) in [5.41, 5.74) is 0. The molecular formula is C2H6MgO2. The van der Waals surface area contributed by atoms with E-state index < -0.39 is 0 Å². The second-order valence-corrected chi connectivity index (χ2v) is 0.332. The van der Waals surface area contributed by atoms with Gasteiger partial charge in [-0.3, -0.25) is 4.79 Å². The van der Waals surface area contributed by atoms with Gasteiger partial charge in [-0.2, -0.15) is 0 Å². The molecule has 0 aromatic carbocycles. The van der Waals surface area contributed by atoms with Gasteiger partial charge in [-0.05, 0) is 0 Å². The number of hydrogen-bond acceptors (Lipinski definition) is 2. The van der Waals surface area contributed by atoms with Gasteiger partial charge >= 0.3 is 23.1 Å². The molecule has 0 saturated heterocycles. The molecule has 0 unspecified atom stereocenters. The number of hydrogen-bond donors (Lipinski definition) is 0. The fourth-order valence-electron chi connectivity index (χ4n) is 0. The summed E-state index contributed by atoms with van der Waals surface area (Å²) in [5.74, 6) is 0. The monoisotopic (exact) mass is 86.0 g/mol. The zero-order chi connectivity index (χ0) is 3.41. The molecule has 0 amide bonds. The molecule has 2 nitrogen and oxygen atoms in total. The van der Waals surface area contributed by atoms with Gasteiger partial charge in [0.2, 0.25) is 0 Å². The van der Waals surface area contributed by atoms with Gasteiger partial charge in [0.25, 0.3) is 6.47 Å². The van der Waals surface area contributed by atoms with Crippen molar-refractivity contribution in [3.05, 3.63) is 0 Å². The maximum Gasteiger partial charge on any atom is 2.00 e. The Morgan fingerprint density at radius 3 is 2.20 bits per heavy atom. The summed E-state index contributed by atoms with van der Waals surface area (Å²) in [6.07, 6.45) is 0. The standard InChI is InChI=1S/C2H4O2.Mg.2H/c1-4-2-3;;;/h2H,1H3;;;/q;+2;2*-1. The van der Waals surface area contributed by atoms with Gasteiger partial charge in [-0.15, -0.1) is 0 Å². The average Bonchev–Trinajstić information content (AvgIpc) is 1.37. The molecule has 0 bridgehead atoms. The first-order chi connectivity index (χ1) is 1.91. The Morgan fingerprint density at radius 1 is 2.00 bits per heavy atom. The van der Waals surface area contributed by atoms with Gasteiger partial charge in [-0.1, -0.05) is 0 Å². The van der Waals surface area contributed by atoms with Crippen LogP contribution in [-0.2, 0) is 9.53 Å². The Balaban J connectivity index is -0.0000000150. The molecule has 5 heavy (non-hydrogen) atoms. The summed E-state index contributed by atoms with van der Waals surface area (Å²) in [5, 5.41) is 0. The molecule has 0 atom stereocenters. The van der Waals surface area contributed by atoms with Crippen LogP contribution in [-0.4, -0.2) is 36.6 Å². The molecular weight excluding hydrogens is 80.3 g/mol. The van der Waals surface area contributed by atoms with Crippen LogP contribution in [0.1, 0.15) is 2.85 Å². The molecule has 0 aliphatic carbocycles. The van der Waals surface area contributed by atoms with Crippen LogP contribution >= 0.6 is 0 Å². The first-order valence-electron chi connectivity index (χ1n) is 0.880. The van der Waals surface area contributed by atoms with Crippen LogP contribution in [0.25, 0.3) is 0 Å². The number of methoxy groups -OCH3 is 1. The molecule has 0 N–H and O–H groups in total. The van der Waals surface area contributed by atoms with Crippen LogP contribution < -0.4 is 0 Å². The fraction of sp³-hybridized carbons (Fsp3) is 0.500. The van der Waals surface area contributed by atoms with Gasteiger partial charge in [0.05, 0.1) is 7.11 Å². The fourth-order valence-corrected chi connectivity index (χ4v) is 0. The van der Waals surface area contributed by atoms with Gasteiger partial charge in [-0.25, -0.2) is 0 Å². The minimum Gasteiger partial charge on any atom is -1.00 e. The quantitative estimate of drug-likeness (QED) is 0.322. The SMILES string of the molecule is COC=O.[H-].[H-].[Mg+2]. The zero-order valence-electron chi connectivity index (χ0n) is 5.10. The summed E-state index contributed by atoms with van der Waals surface area (Å²) in [6.45, 7) is 0.375. The molecule has 0 spiro atoms. The number of carbonyl (C=O) groups excluding carboxylic acids is 1. The first-order valence-corrected chi connectivity index (χ1v) is 0.880. The maximum absolute atomic E-state index is 8.95. The third kappa shape index (κ3) is 13.9. The van der Waals surface area contributed by atoms with Crippen LogP contribution in [0, 0.1) is 0 Å². The average molecular weight is 86.4 g/mol. The van der Waals surface area contributed by atoms with E-state index >= 15 is 0 Å². The second-order valence-electron chi connectivity index (χ2n) is 0.332. The second kappa shape index (κ2) is 8.87. The van der Waals surface area contributed by atoms with E-state index in [4.69, 9.17) is 4.79 Å². The Morgan fingerprint density at radius 2 is 2.20 bits per heavy atom. The zero-order valence-corrected chi connectivity index (χ0v) is 4.52. The smallest absolute Gasteiger partial charge is 1.00 e. The van der Waals surface area contributed by atoms with Crippen molar-refractivity contribution in [1.82, 2.24) is 0 Å². The van der Waals surface area contributed by atoms with Crippen molar-refractivity contribution in [3.63, 3.8) is 0 Å². The largest absolute Gasteiger partial charge is 2.00 e. The molecule has 0 heterocycles. The third-order valence-electron chi connectivity index (χ3n) is 0.0962. The summed E-state index contributed by atoms with van der Waals surface area (Å²) in [4.78, 5) is 8.95. The molecule has 0 aliphatic rings. The van der Waals surface area contributed by atoms with Crippen molar-refractivity contribution in [3.8, 4) is 0 Å². The summed E-state index contributed by atoms with van der Waals surface area (Å²) < 4.78 is 3.86. The molecule has 0 radical (unpaired) electrons. The normalized spacial score (nSPS) is 4.20. The number of ether oxygens (including phenoxy) is 1. The van der Waals surface area contributed by atoms with Crippen LogP contribution in [0.5, 0.6) is 0 Å². The van der Waals surface area contributed by atoms with E-state index in [1.165, 1.54) is 7.11 Å². The van der Waals surface area contributed by atoms with E-state index in [1.54, 1.807) is 0 Å². The van der Waals surface area contributed by atoms with Gasteiger partial charge in [0, 0.05) is 0 Å². The van der Waals surface area contributed by atoms with Crippen molar-refractivity contribution in [2.24, 2.45) is 0 Å². The maximum atomic E-state index is 8.95. The van der Waals surface area contributed by atoms with E-state index in [0.717, 1.165) is 0 Å². The van der Waals surface area contributed by atoms with Crippen LogP contribution in [0.4, 0.5) is 0 Å². The van der Waals surface area contributed by atoms with Gasteiger partial charge in [0.15, 0.2) is 0 Å². The minimum atomic E-state index is 0. The van der Waals surface area contributed by atoms with E-state index in [0.29, 0.717) is 6.47 Å². The molecule has 0 rings (SSSR count). The summed E-state index contributed by atoms with van der Waals surface area (Å²) >= 11 is 0. The van der Waals surface area contributed by atoms with Gasteiger partial charge in [0.1, 0.15) is 0 Å². The van der Waals surface area contributed by atoms with Crippen molar-refractivity contribution >= 4 is 29.5 Å². The van der Waals surface area contributed by atoms with E-state index in [2.05, 4.69) is 4.74 Å². The van der Waals surface area contributed by atoms with Crippen molar-refractivity contribution < 1.29 is 12.4 Å². The molecule has 0 saturated carbocycles. The van der Waals surface area contributed by atoms with Crippen molar-refractivity contribution in [1.29, 1.82) is 0 Å².